The second-order valence-electron chi connectivity index (χ2n) is 8.33. The number of carbonyl (C=O) groups excluding carboxylic acids is 2. The van der Waals surface area contributed by atoms with Crippen LogP contribution in [0.2, 0.25) is 0 Å². The summed E-state index contributed by atoms with van der Waals surface area (Å²) in [5, 5.41) is 5.02. The molecule has 0 spiro atoms. The number of para-hydroxylation sites is 2. The minimum absolute atomic E-state index is 0.0455. The van der Waals surface area contributed by atoms with E-state index < -0.39 is 11.9 Å². The molecule has 3 aromatic rings. The Morgan fingerprint density at radius 3 is 2.53 bits per heavy atom. The maximum Gasteiger partial charge on any atom is 0.248 e. The summed E-state index contributed by atoms with van der Waals surface area (Å²) < 4.78 is 20.9. The number of benzene rings is 2. The second kappa shape index (κ2) is 11.3. The van der Waals surface area contributed by atoms with Crippen LogP contribution in [-0.2, 0) is 16.0 Å². The Morgan fingerprint density at radius 2 is 1.82 bits per heavy atom. The third-order valence-electron chi connectivity index (χ3n) is 6.01. The lowest BCUT2D eigenvalue weighted by molar-refractivity contribution is -0.127. The van der Waals surface area contributed by atoms with Crippen LogP contribution in [0.1, 0.15) is 49.1 Å². The topological polar surface area (TPSA) is 58.6 Å². The van der Waals surface area contributed by atoms with Gasteiger partial charge in [0.05, 0.1) is 18.7 Å². The van der Waals surface area contributed by atoms with E-state index in [0.29, 0.717) is 17.9 Å². The summed E-state index contributed by atoms with van der Waals surface area (Å²) in [7, 11) is 0. The lowest BCUT2D eigenvalue weighted by atomic mass is 10.0. The molecule has 1 aromatic heterocycles. The van der Waals surface area contributed by atoms with Gasteiger partial charge < -0.3 is 10.1 Å². The van der Waals surface area contributed by atoms with Crippen LogP contribution in [0.5, 0.6) is 5.75 Å². The van der Waals surface area contributed by atoms with Gasteiger partial charge in [-0.1, -0.05) is 49.2 Å². The van der Waals surface area contributed by atoms with E-state index in [2.05, 4.69) is 5.32 Å². The Balaban J connectivity index is 1.82. The molecule has 178 valence electrons. The molecule has 2 amide bonds. The predicted octanol–water partition coefficient (Wildman–Crippen LogP) is 5.66. The molecule has 1 N–H and O–H groups in total. The lowest BCUT2D eigenvalue weighted by Gasteiger charge is -2.33. The Labute approximate surface area is 203 Å². The number of nitrogens with zero attached hydrogens (tertiary/aromatic N) is 1. The van der Waals surface area contributed by atoms with Crippen LogP contribution in [0.3, 0.4) is 0 Å². The van der Waals surface area contributed by atoms with Gasteiger partial charge in [-0.2, -0.15) is 0 Å². The number of rotatable bonds is 9. The summed E-state index contributed by atoms with van der Waals surface area (Å²) in [6, 6.07) is 16.0. The molecule has 1 aliphatic rings. The van der Waals surface area contributed by atoms with Gasteiger partial charge in [0, 0.05) is 16.5 Å². The van der Waals surface area contributed by atoms with E-state index in [1.54, 1.807) is 36.4 Å². The molecule has 2 aromatic carbocycles. The first-order valence-corrected chi connectivity index (χ1v) is 12.6. The van der Waals surface area contributed by atoms with Crippen LogP contribution in [0, 0.1) is 5.82 Å². The number of amides is 2. The van der Waals surface area contributed by atoms with Crippen molar-refractivity contribution < 1.29 is 18.7 Å². The summed E-state index contributed by atoms with van der Waals surface area (Å²) in [6.07, 6.45) is 3.97. The molecule has 0 bridgehead atoms. The highest BCUT2D eigenvalue weighted by molar-refractivity contribution is 7.10. The maximum absolute atomic E-state index is 15.1. The molecule has 0 aliphatic heterocycles. The SMILES string of the molecule is CCOc1ccccc1[C@@H](C(=O)NC1CCCC1)N(C(=O)Cc1cccs1)c1ccccc1F. The Kier molecular flexibility index (Phi) is 7.95. The van der Waals surface area contributed by atoms with Gasteiger partial charge in [0.1, 0.15) is 17.6 Å². The van der Waals surface area contributed by atoms with Gasteiger partial charge in [0.15, 0.2) is 0 Å². The van der Waals surface area contributed by atoms with E-state index in [-0.39, 0.29) is 30.0 Å². The first-order chi connectivity index (χ1) is 16.6. The Bertz CT molecular complexity index is 1110. The Morgan fingerprint density at radius 1 is 1.09 bits per heavy atom. The van der Waals surface area contributed by atoms with E-state index in [0.717, 1.165) is 30.6 Å². The molecule has 4 rings (SSSR count). The van der Waals surface area contributed by atoms with Crippen molar-refractivity contribution in [2.24, 2.45) is 0 Å². The quantitative estimate of drug-likeness (QED) is 0.430. The van der Waals surface area contributed by atoms with Crippen molar-refractivity contribution in [1.29, 1.82) is 0 Å². The van der Waals surface area contributed by atoms with Crippen LogP contribution >= 0.6 is 11.3 Å². The van der Waals surface area contributed by atoms with Crippen LogP contribution in [0.4, 0.5) is 10.1 Å². The average Bonchev–Trinajstić information content (AvgIpc) is 3.53. The normalized spacial score (nSPS) is 14.5. The van der Waals surface area contributed by atoms with E-state index in [1.165, 1.54) is 22.3 Å². The fourth-order valence-electron chi connectivity index (χ4n) is 4.45. The third kappa shape index (κ3) is 5.47. The molecule has 0 saturated heterocycles. The molecule has 7 heteroatoms. The largest absolute Gasteiger partial charge is 0.493 e. The minimum atomic E-state index is -1.08. The van der Waals surface area contributed by atoms with Gasteiger partial charge in [-0.05, 0) is 49.4 Å². The average molecular weight is 481 g/mol. The number of nitrogens with one attached hydrogen (secondary N) is 1. The minimum Gasteiger partial charge on any atom is -0.493 e. The zero-order chi connectivity index (χ0) is 23.9. The number of thiophene rings is 1. The van der Waals surface area contributed by atoms with Crippen molar-refractivity contribution in [3.05, 3.63) is 82.3 Å². The molecular weight excluding hydrogens is 451 g/mol. The number of ether oxygens (including phenoxy) is 1. The number of carbonyl (C=O) groups is 2. The number of anilines is 1. The van der Waals surface area contributed by atoms with Crippen molar-refractivity contribution in [2.75, 3.05) is 11.5 Å². The van der Waals surface area contributed by atoms with Gasteiger partial charge >= 0.3 is 0 Å². The van der Waals surface area contributed by atoms with E-state index in [9.17, 15) is 9.59 Å². The van der Waals surface area contributed by atoms with Crippen molar-refractivity contribution in [1.82, 2.24) is 5.32 Å². The monoisotopic (exact) mass is 480 g/mol. The van der Waals surface area contributed by atoms with Gasteiger partial charge in [0.2, 0.25) is 11.8 Å². The molecule has 1 aliphatic carbocycles. The highest BCUT2D eigenvalue weighted by Gasteiger charge is 2.37. The fraction of sp³-hybridized carbons (Fsp3) is 0.333. The van der Waals surface area contributed by atoms with E-state index >= 15 is 4.39 Å². The summed E-state index contributed by atoms with van der Waals surface area (Å²) >= 11 is 1.45. The van der Waals surface area contributed by atoms with Gasteiger partial charge in [-0.3, -0.25) is 14.5 Å². The first kappa shape index (κ1) is 24.0. The number of halogens is 1. The Hall–Kier alpha value is -3.19. The van der Waals surface area contributed by atoms with Crippen LogP contribution in [0.25, 0.3) is 0 Å². The molecule has 0 unspecified atom stereocenters. The molecule has 5 nitrogen and oxygen atoms in total. The van der Waals surface area contributed by atoms with E-state index in [1.807, 2.05) is 30.5 Å². The van der Waals surface area contributed by atoms with Crippen molar-refractivity contribution in [2.45, 2.75) is 51.1 Å². The summed E-state index contributed by atoms with van der Waals surface area (Å²) in [5.74, 6) is -0.747. The summed E-state index contributed by atoms with van der Waals surface area (Å²) in [5.41, 5.74) is 0.601. The lowest BCUT2D eigenvalue weighted by Crippen LogP contribution is -2.47. The molecule has 1 saturated carbocycles. The van der Waals surface area contributed by atoms with Crippen molar-refractivity contribution in [3.8, 4) is 5.75 Å². The van der Waals surface area contributed by atoms with E-state index in [4.69, 9.17) is 4.74 Å². The molecule has 1 fully saturated rings. The number of hydrogen-bond acceptors (Lipinski definition) is 4. The zero-order valence-corrected chi connectivity index (χ0v) is 20.0. The maximum atomic E-state index is 15.1. The standard InChI is InChI=1S/C27H29FN2O3S/c1-2-33-24-16-8-5-13-21(24)26(27(32)29-19-10-3-4-11-19)30(23-15-7-6-14-22(23)28)25(31)18-20-12-9-17-34-20/h5-9,12-17,19,26H,2-4,10-11,18H2,1H3,(H,29,32)/t26-/m0/s1. The zero-order valence-electron chi connectivity index (χ0n) is 19.2. The second-order valence-corrected chi connectivity index (χ2v) is 9.37. The summed E-state index contributed by atoms with van der Waals surface area (Å²) in [6.45, 7) is 2.26. The summed E-state index contributed by atoms with van der Waals surface area (Å²) in [4.78, 5) is 29.7. The number of hydrogen-bond donors (Lipinski definition) is 1. The fourth-order valence-corrected chi connectivity index (χ4v) is 5.15. The highest BCUT2D eigenvalue weighted by Crippen LogP contribution is 2.36. The van der Waals surface area contributed by atoms with Crippen LogP contribution in [-0.4, -0.2) is 24.5 Å². The van der Waals surface area contributed by atoms with Crippen molar-refractivity contribution >= 4 is 28.8 Å². The van der Waals surface area contributed by atoms with Crippen LogP contribution < -0.4 is 15.0 Å². The van der Waals surface area contributed by atoms with Gasteiger partial charge in [0.25, 0.3) is 0 Å². The van der Waals surface area contributed by atoms with Crippen LogP contribution in [0.15, 0.2) is 66.0 Å². The molecule has 1 atom stereocenters. The van der Waals surface area contributed by atoms with Crippen molar-refractivity contribution in [3.63, 3.8) is 0 Å². The predicted molar refractivity (Wildman–Crippen MR) is 133 cm³/mol. The molecule has 0 radical (unpaired) electrons. The highest BCUT2D eigenvalue weighted by atomic mass is 32.1. The first-order valence-electron chi connectivity index (χ1n) is 11.7. The molecule has 34 heavy (non-hydrogen) atoms. The molecular formula is C27H29FN2O3S. The smallest absolute Gasteiger partial charge is 0.248 e. The van der Waals surface area contributed by atoms with Gasteiger partial charge in [-0.25, -0.2) is 4.39 Å². The van der Waals surface area contributed by atoms with Gasteiger partial charge in [-0.15, -0.1) is 11.3 Å². The third-order valence-corrected chi connectivity index (χ3v) is 6.88. The molecule has 1 heterocycles.